The summed E-state index contributed by atoms with van der Waals surface area (Å²) in [6.07, 6.45) is 3.34. The van der Waals surface area contributed by atoms with Crippen molar-refractivity contribution in [3.8, 4) is 0 Å². The van der Waals surface area contributed by atoms with Gasteiger partial charge in [0.2, 0.25) is 5.91 Å². The number of benzene rings is 1. The first kappa shape index (κ1) is 21.4. The summed E-state index contributed by atoms with van der Waals surface area (Å²) in [6.45, 7) is 1.34. The minimum atomic E-state index is -0.649. The third kappa shape index (κ3) is 8.22. The number of aromatic nitrogens is 1. The van der Waals surface area contributed by atoms with E-state index >= 15 is 0 Å². The number of nitrogens with one attached hydrogen (secondary N) is 3. The third-order valence-electron chi connectivity index (χ3n) is 4.16. The highest BCUT2D eigenvalue weighted by Crippen LogP contribution is 2.05. The summed E-state index contributed by atoms with van der Waals surface area (Å²) < 4.78 is 5.24. The molecule has 148 valence electrons. The van der Waals surface area contributed by atoms with E-state index in [2.05, 4.69) is 20.8 Å². The fraction of sp³-hybridized carbons (Fsp3) is 0.350. The summed E-state index contributed by atoms with van der Waals surface area (Å²) in [5, 5.41) is 8.59. The third-order valence-corrected chi connectivity index (χ3v) is 4.16. The zero-order valence-corrected chi connectivity index (χ0v) is 16.2. The Kier molecular flexibility index (Phi) is 9.58. The van der Waals surface area contributed by atoms with Gasteiger partial charge in [-0.05, 0) is 43.5 Å². The van der Waals surface area contributed by atoms with E-state index < -0.39 is 12.1 Å². The fourth-order valence-electron chi connectivity index (χ4n) is 2.63. The van der Waals surface area contributed by atoms with E-state index in [4.69, 9.17) is 4.74 Å². The van der Waals surface area contributed by atoms with Gasteiger partial charge in [-0.2, -0.15) is 0 Å². The average molecular weight is 382 g/mol. The molecular formula is C20H27BN4O3. The molecule has 2 rings (SSSR count). The van der Waals surface area contributed by atoms with Crippen molar-refractivity contribution in [2.75, 3.05) is 6.54 Å². The van der Waals surface area contributed by atoms with Crippen molar-refractivity contribution in [3.05, 3.63) is 66.0 Å². The minimum Gasteiger partial charge on any atom is -0.445 e. The van der Waals surface area contributed by atoms with E-state index in [0.717, 1.165) is 30.6 Å². The van der Waals surface area contributed by atoms with E-state index in [1.165, 1.54) is 0 Å². The topological polar surface area (TPSA) is 92.4 Å². The molecule has 0 aliphatic rings. The lowest BCUT2D eigenvalue weighted by atomic mass is 10.1. The van der Waals surface area contributed by atoms with Gasteiger partial charge >= 0.3 is 6.09 Å². The maximum Gasteiger partial charge on any atom is 0.408 e. The molecule has 1 aromatic carbocycles. The SMILES string of the molecule is BNCCCC[C@H](NC(=O)OCc1ccccc1)C(=O)NCc1ccccn1. The molecule has 0 spiro atoms. The lowest BCUT2D eigenvalue weighted by Crippen LogP contribution is -2.46. The highest BCUT2D eigenvalue weighted by Gasteiger charge is 2.21. The molecule has 0 saturated carbocycles. The van der Waals surface area contributed by atoms with Gasteiger partial charge in [0.05, 0.1) is 12.2 Å². The number of carbonyl (C=O) groups is 2. The number of alkyl carbamates (subject to hydrolysis) is 1. The van der Waals surface area contributed by atoms with Crippen LogP contribution >= 0.6 is 0 Å². The van der Waals surface area contributed by atoms with Crippen LogP contribution in [0.2, 0.25) is 0 Å². The molecule has 7 nitrogen and oxygen atoms in total. The largest absolute Gasteiger partial charge is 0.445 e. The maximum absolute atomic E-state index is 12.6. The number of rotatable bonds is 11. The Balaban J connectivity index is 1.85. The van der Waals surface area contributed by atoms with Gasteiger partial charge in [0.15, 0.2) is 7.98 Å². The molecule has 0 aliphatic heterocycles. The van der Waals surface area contributed by atoms with Crippen LogP contribution < -0.4 is 15.9 Å². The van der Waals surface area contributed by atoms with Crippen LogP contribution in [-0.2, 0) is 22.7 Å². The van der Waals surface area contributed by atoms with Gasteiger partial charge in [-0.25, -0.2) is 4.79 Å². The first-order chi connectivity index (χ1) is 13.7. The highest BCUT2D eigenvalue weighted by atomic mass is 16.5. The van der Waals surface area contributed by atoms with E-state index in [1.54, 1.807) is 6.20 Å². The molecule has 0 radical (unpaired) electrons. The maximum atomic E-state index is 12.6. The van der Waals surface area contributed by atoms with E-state index in [0.29, 0.717) is 13.0 Å². The van der Waals surface area contributed by atoms with Crippen LogP contribution in [0.25, 0.3) is 0 Å². The van der Waals surface area contributed by atoms with Gasteiger partial charge in [0.25, 0.3) is 0 Å². The molecule has 1 atom stereocenters. The van der Waals surface area contributed by atoms with Crippen molar-refractivity contribution in [2.24, 2.45) is 0 Å². The Labute approximate surface area is 166 Å². The van der Waals surface area contributed by atoms with Crippen molar-refractivity contribution < 1.29 is 14.3 Å². The number of hydrogen-bond acceptors (Lipinski definition) is 5. The van der Waals surface area contributed by atoms with Gasteiger partial charge in [-0.15, -0.1) is 0 Å². The number of unbranched alkanes of at least 4 members (excludes halogenated alkanes) is 1. The lowest BCUT2D eigenvalue weighted by Gasteiger charge is -2.18. The molecule has 0 fully saturated rings. The summed E-state index contributed by atoms with van der Waals surface area (Å²) in [4.78, 5) is 28.9. The summed E-state index contributed by atoms with van der Waals surface area (Å²) >= 11 is 0. The Morgan fingerprint density at radius 2 is 1.86 bits per heavy atom. The fourth-order valence-corrected chi connectivity index (χ4v) is 2.63. The van der Waals surface area contributed by atoms with Crippen LogP contribution in [0.1, 0.15) is 30.5 Å². The summed E-state index contributed by atoms with van der Waals surface area (Å²) in [5.74, 6) is -0.244. The standard InChI is InChI=1S/C20H27BN4O3/c21-24-13-7-5-11-18(19(26)23-14-17-10-4-6-12-22-17)25-20(27)28-15-16-8-2-1-3-9-16/h1-4,6,8-10,12,18,24H,5,7,11,13-15,21H2,(H,23,26)(H,25,27)/t18-/m0/s1. The zero-order valence-electron chi connectivity index (χ0n) is 16.2. The normalized spacial score (nSPS) is 11.4. The van der Waals surface area contributed by atoms with Crippen LogP contribution in [0, 0.1) is 0 Å². The molecule has 1 aromatic heterocycles. The van der Waals surface area contributed by atoms with Crippen molar-refractivity contribution in [2.45, 2.75) is 38.5 Å². The summed E-state index contributed by atoms with van der Waals surface area (Å²) in [7, 11) is 1.89. The zero-order chi connectivity index (χ0) is 20.0. The molecule has 0 bridgehead atoms. The van der Waals surface area contributed by atoms with Gasteiger partial charge in [-0.1, -0.05) is 36.4 Å². The second kappa shape index (κ2) is 12.5. The van der Waals surface area contributed by atoms with Crippen molar-refractivity contribution in [1.82, 2.24) is 20.8 Å². The quantitative estimate of drug-likeness (QED) is 0.403. The molecule has 0 saturated heterocycles. The Morgan fingerprint density at radius 1 is 1.07 bits per heavy atom. The molecule has 2 amide bonds. The summed E-state index contributed by atoms with van der Waals surface area (Å²) in [6, 6.07) is 14.3. The Hall–Kier alpha value is -2.87. The van der Waals surface area contributed by atoms with E-state index in [9.17, 15) is 9.59 Å². The van der Waals surface area contributed by atoms with Crippen molar-refractivity contribution in [3.63, 3.8) is 0 Å². The molecular weight excluding hydrogens is 355 g/mol. The molecule has 8 heteroatoms. The second-order valence-electron chi connectivity index (χ2n) is 6.40. The highest BCUT2D eigenvalue weighted by molar-refractivity contribution is 6.04. The van der Waals surface area contributed by atoms with Crippen LogP contribution in [0.3, 0.4) is 0 Å². The van der Waals surface area contributed by atoms with Crippen LogP contribution in [0.4, 0.5) is 4.79 Å². The van der Waals surface area contributed by atoms with Crippen molar-refractivity contribution in [1.29, 1.82) is 0 Å². The smallest absolute Gasteiger partial charge is 0.408 e. The average Bonchev–Trinajstić information content (AvgIpc) is 2.74. The number of carbonyl (C=O) groups excluding carboxylic acids is 2. The van der Waals surface area contributed by atoms with Crippen LogP contribution in [0.15, 0.2) is 54.7 Å². The van der Waals surface area contributed by atoms with Gasteiger partial charge in [0, 0.05) is 6.20 Å². The molecule has 3 N–H and O–H groups in total. The lowest BCUT2D eigenvalue weighted by molar-refractivity contribution is -0.123. The predicted molar refractivity (Wildman–Crippen MR) is 110 cm³/mol. The number of nitrogens with zero attached hydrogens (tertiary/aromatic N) is 1. The van der Waals surface area contributed by atoms with E-state index in [1.807, 2.05) is 56.5 Å². The first-order valence-corrected chi connectivity index (χ1v) is 9.48. The Morgan fingerprint density at radius 3 is 2.57 bits per heavy atom. The summed E-state index contributed by atoms with van der Waals surface area (Å²) in [5.41, 5.74) is 1.65. The van der Waals surface area contributed by atoms with E-state index in [-0.39, 0.29) is 12.5 Å². The van der Waals surface area contributed by atoms with Gasteiger partial charge in [0.1, 0.15) is 12.6 Å². The number of amides is 2. The monoisotopic (exact) mass is 382 g/mol. The van der Waals surface area contributed by atoms with Gasteiger partial charge in [-0.3, -0.25) is 9.78 Å². The van der Waals surface area contributed by atoms with Gasteiger partial charge < -0.3 is 20.6 Å². The first-order valence-electron chi connectivity index (χ1n) is 9.48. The van der Waals surface area contributed by atoms with Crippen molar-refractivity contribution >= 4 is 20.0 Å². The number of pyridine rings is 1. The molecule has 28 heavy (non-hydrogen) atoms. The minimum absolute atomic E-state index is 0.161. The van der Waals surface area contributed by atoms with Crippen LogP contribution in [0.5, 0.6) is 0 Å². The number of ether oxygens (including phenoxy) is 1. The Bertz CT molecular complexity index is 716. The molecule has 2 aromatic rings. The van der Waals surface area contributed by atoms with Crippen LogP contribution in [-0.4, -0.2) is 37.6 Å². The predicted octanol–water partition coefficient (Wildman–Crippen LogP) is 1.30. The number of hydrogen-bond donors (Lipinski definition) is 3. The molecule has 0 aliphatic carbocycles. The molecule has 1 heterocycles. The molecule has 0 unspecified atom stereocenters. The second-order valence-corrected chi connectivity index (χ2v) is 6.40.